The second-order valence-electron chi connectivity index (χ2n) is 7.00. The maximum Gasteiger partial charge on any atom is 0.274 e. The zero-order chi connectivity index (χ0) is 20.4. The van der Waals surface area contributed by atoms with E-state index in [-0.39, 0.29) is 11.6 Å². The van der Waals surface area contributed by atoms with Gasteiger partial charge in [0.25, 0.3) is 5.91 Å². The second kappa shape index (κ2) is 7.79. The molecule has 2 heterocycles. The fraction of sp³-hybridized carbons (Fsp3) is 0.227. The van der Waals surface area contributed by atoms with Crippen LogP contribution in [0.15, 0.2) is 42.7 Å². The molecule has 0 radical (unpaired) electrons. The number of nitrogens with one attached hydrogen (secondary N) is 2. The van der Waals surface area contributed by atoms with Crippen LogP contribution >= 0.6 is 0 Å². The molecule has 2 N–H and O–H groups in total. The van der Waals surface area contributed by atoms with Crippen molar-refractivity contribution in [3.8, 4) is 11.5 Å². The molecule has 7 nitrogen and oxygen atoms in total. The van der Waals surface area contributed by atoms with Gasteiger partial charge in [0.15, 0.2) is 11.5 Å². The number of nitrogens with zero attached hydrogens (tertiary/aromatic N) is 2. The van der Waals surface area contributed by atoms with Crippen LogP contribution in [0, 0.1) is 20.8 Å². The SMILES string of the molecule is Cc1cc(C)c(Nc2cc(C(=O)Nc3ccc4c(c3)OCCO4)ncn2)c(C)c1. The zero-order valence-corrected chi connectivity index (χ0v) is 16.6. The van der Waals surface area contributed by atoms with E-state index in [1.54, 1.807) is 24.3 Å². The monoisotopic (exact) mass is 390 g/mol. The van der Waals surface area contributed by atoms with Gasteiger partial charge in [-0.3, -0.25) is 4.79 Å². The van der Waals surface area contributed by atoms with Crippen molar-refractivity contribution >= 4 is 23.1 Å². The van der Waals surface area contributed by atoms with Gasteiger partial charge in [0.05, 0.1) is 0 Å². The third-order valence-corrected chi connectivity index (χ3v) is 4.63. The molecule has 148 valence electrons. The quantitative estimate of drug-likeness (QED) is 0.695. The number of anilines is 3. The summed E-state index contributed by atoms with van der Waals surface area (Å²) in [5.74, 6) is 1.52. The molecule has 0 spiro atoms. The average Bonchev–Trinajstić information content (AvgIpc) is 2.71. The predicted molar refractivity (Wildman–Crippen MR) is 111 cm³/mol. The summed E-state index contributed by atoms with van der Waals surface area (Å²) in [6.45, 7) is 7.16. The number of carbonyl (C=O) groups excluding carboxylic acids is 1. The third-order valence-electron chi connectivity index (χ3n) is 4.63. The van der Waals surface area contributed by atoms with Crippen molar-refractivity contribution < 1.29 is 14.3 Å². The van der Waals surface area contributed by atoms with Crippen LogP contribution in [0.5, 0.6) is 11.5 Å². The van der Waals surface area contributed by atoms with Crippen LogP contribution in [-0.2, 0) is 0 Å². The number of fused-ring (bicyclic) bond motifs is 1. The Labute approximate surface area is 169 Å². The van der Waals surface area contributed by atoms with Gasteiger partial charge in [0.2, 0.25) is 0 Å². The highest BCUT2D eigenvalue weighted by Crippen LogP contribution is 2.32. The van der Waals surface area contributed by atoms with Crippen LogP contribution in [0.1, 0.15) is 27.2 Å². The molecule has 0 fully saturated rings. The first-order valence-corrected chi connectivity index (χ1v) is 9.37. The van der Waals surface area contributed by atoms with Crippen molar-refractivity contribution in [3.05, 3.63) is 65.1 Å². The number of ether oxygens (including phenoxy) is 2. The van der Waals surface area contributed by atoms with Gasteiger partial charge in [-0.25, -0.2) is 9.97 Å². The number of aryl methyl sites for hydroxylation is 3. The van der Waals surface area contributed by atoms with Crippen LogP contribution in [0.25, 0.3) is 0 Å². The number of hydrogen-bond acceptors (Lipinski definition) is 6. The Bertz CT molecular complexity index is 1060. The molecule has 3 aromatic rings. The first kappa shape index (κ1) is 18.7. The molecule has 0 unspecified atom stereocenters. The molecule has 2 aromatic carbocycles. The number of amides is 1. The highest BCUT2D eigenvalue weighted by molar-refractivity contribution is 6.03. The summed E-state index contributed by atoms with van der Waals surface area (Å²) < 4.78 is 11.1. The molecule has 1 aliphatic rings. The first-order chi connectivity index (χ1) is 14.0. The van der Waals surface area contributed by atoms with Gasteiger partial charge in [0, 0.05) is 23.5 Å². The Morgan fingerprint density at radius 3 is 2.41 bits per heavy atom. The smallest absolute Gasteiger partial charge is 0.274 e. The first-order valence-electron chi connectivity index (χ1n) is 9.37. The topological polar surface area (TPSA) is 85.4 Å². The van der Waals surface area contributed by atoms with Crippen LogP contribution in [-0.4, -0.2) is 29.1 Å². The Balaban J connectivity index is 1.52. The summed E-state index contributed by atoms with van der Waals surface area (Å²) in [6.07, 6.45) is 1.37. The lowest BCUT2D eigenvalue weighted by molar-refractivity contribution is 0.102. The minimum Gasteiger partial charge on any atom is -0.486 e. The molecule has 0 saturated carbocycles. The molecular weight excluding hydrogens is 368 g/mol. The van der Waals surface area contributed by atoms with E-state index in [0.717, 1.165) is 16.8 Å². The van der Waals surface area contributed by atoms with Crippen LogP contribution in [0.3, 0.4) is 0 Å². The van der Waals surface area contributed by atoms with Gasteiger partial charge in [0.1, 0.15) is 31.1 Å². The van der Waals surface area contributed by atoms with E-state index in [2.05, 4.69) is 39.7 Å². The minimum atomic E-state index is -0.329. The molecule has 0 atom stereocenters. The van der Waals surface area contributed by atoms with Crippen molar-refractivity contribution in [2.24, 2.45) is 0 Å². The van der Waals surface area contributed by atoms with E-state index in [0.29, 0.717) is 36.2 Å². The molecule has 0 bridgehead atoms. The standard InChI is InChI=1S/C22H22N4O3/c1-13-8-14(2)21(15(3)9-13)26-20-11-17(23-12-24-20)22(27)25-16-4-5-18-19(10-16)29-7-6-28-18/h4-5,8-12H,6-7H2,1-3H3,(H,25,27)(H,23,24,26). The van der Waals surface area contributed by atoms with Crippen molar-refractivity contribution in [1.29, 1.82) is 0 Å². The average molecular weight is 390 g/mol. The molecule has 0 aliphatic carbocycles. The van der Waals surface area contributed by atoms with Gasteiger partial charge in [-0.15, -0.1) is 0 Å². The maximum absolute atomic E-state index is 12.7. The van der Waals surface area contributed by atoms with Crippen LogP contribution in [0.4, 0.5) is 17.2 Å². The Hall–Kier alpha value is -3.61. The lowest BCUT2D eigenvalue weighted by Gasteiger charge is -2.19. The number of rotatable bonds is 4. The lowest BCUT2D eigenvalue weighted by atomic mass is 10.1. The van der Waals surface area contributed by atoms with Gasteiger partial charge in [-0.2, -0.15) is 0 Å². The summed E-state index contributed by atoms with van der Waals surface area (Å²) in [5, 5.41) is 6.14. The van der Waals surface area contributed by atoms with Gasteiger partial charge in [-0.05, 0) is 44.0 Å². The highest BCUT2D eigenvalue weighted by atomic mass is 16.6. The van der Waals surface area contributed by atoms with Crippen LogP contribution in [0.2, 0.25) is 0 Å². The maximum atomic E-state index is 12.7. The van der Waals surface area contributed by atoms with E-state index in [4.69, 9.17) is 9.47 Å². The summed E-state index contributed by atoms with van der Waals surface area (Å²) >= 11 is 0. The minimum absolute atomic E-state index is 0.264. The van der Waals surface area contributed by atoms with Crippen molar-refractivity contribution in [2.45, 2.75) is 20.8 Å². The van der Waals surface area contributed by atoms with Gasteiger partial charge < -0.3 is 20.1 Å². The Kier molecular flexibility index (Phi) is 5.03. The van der Waals surface area contributed by atoms with E-state index >= 15 is 0 Å². The van der Waals surface area contributed by atoms with E-state index in [1.165, 1.54) is 11.9 Å². The van der Waals surface area contributed by atoms with E-state index in [9.17, 15) is 4.79 Å². The second-order valence-corrected chi connectivity index (χ2v) is 7.00. The van der Waals surface area contributed by atoms with Crippen LogP contribution < -0.4 is 20.1 Å². The van der Waals surface area contributed by atoms with Gasteiger partial charge in [-0.1, -0.05) is 17.7 Å². The molecule has 1 amide bonds. The normalized spacial score (nSPS) is 12.4. The van der Waals surface area contributed by atoms with E-state index < -0.39 is 0 Å². The van der Waals surface area contributed by atoms with Crippen molar-refractivity contribution in [1.82, 2.24) is 9.97 Å². The predicted octanol–water partition coefficient (Wildman–Crippen LogP) is 4.17. The molecule has 1 aromatic heterocycles. The molecule has 1 aliphatic heterocycles. The molecule has 0 saturated heterocycles. The fourth-order valence-electron chi connectivity index (χ4n) is 3.37. The fourth-order valence-corrected chi connectivity index (χ4v) is 3.37. The molecular formula is C22H22N4O3. The molecule has 7 heteroatoms. The summed E-state index contributed by atoms with van der Waals surface area (Å²) in [6, 6.07) is 11.1. The summed E-state index contributed by atoms with van der Waals surface area (Å²) in [7, 11) is 0. The molecule has 4 rings (SSSR count). The third kappa shape index (κ3) is 4.13. The number of benzene rings is 2. The Morgan fingerprint density at radius 2 is 1.66 bits per heavy atom. The Morgan fingerprint density at radius 1 is 0.931 bits per heavy atom. The van der Waals surface area contributed by atoms with Gasteiger partial charge >= 0.3 is 0 Å². The largest absolute Gasteiger partial charge is 0.486 e. The summed E-state index contributed by atoms with van der Waals surface area (Å²) in [5.41, 5.74) is 5.28. The zero-order valence-electron chi connectivity index (χ0n) is 16.6. The number of carbonyl (C=O) groups is 1. The molecule has 29 heavy (non-hydrogen) atoms. The van der Waals surface area contributed by atoms with Crippen molar-refractivity contribution in [3.63, 3.8) is 0 Å². The number of aromatic nitrogens is 2. The van der Waals surface area contributed by atoms with E-state index in [1.807, 2.05) is 13.8 Å². The lowest BCUT2D eigenvalue weighted by Crippen LogP contribution is -2.17. The number of hydrogen-bond donors (Lipinski definition) is 2. The van der Waals surface area contributed by atoms with Crippen molar-refractivity contribution in [2.75, 3.05) is 23.8 Å². The summed E-state index contributed by atoms with van der Waals surface area (Å²) in [4.78, 5) is 21.0. The highest BCUT2D eigenvalue weighted by Gasteiger charge is 2.15.